The Labute approximate surface area is 199 Å². The lowest BCUT2D eigenvalue weighted by Crippen LogP contribution is -2.57. The molecule has 2 unspecified atom stereocenters. The number of amides is 3. The Hall–Kier alpha value is -3.48. The van der Waals surface area contributed by atoms with Crippen molar-refractivity contribution >= 4 is 28.6 Å². The molecule has 2 atom stereocenters. The minimum atomic E-state index is -0.956. The molecule has 34 heavy (non-hydrogen) atoms. The van der Waals surface area contributed by atoms with E-state index in [9.17, 15) is 14.4 Å². The molecule has 0 saturated heterocycles. The third-order valence-electron chi connectivity index (χ3n) is 7.79. The number of aromatic nitrogens is 1. The summed E-state index contributed by atoms with van der Waals surface area (Å²) in [6, 6.07) is 7.46. The zero-order valence-electron chi connectivity index (χ0n) is 19.9. The van der Waals surface area contributed by atoms with E-state index in [1.807, 2.05) is 23.1 Å². The largest absolute Gasteiger partial charge is 0.351 e. The summed E-state index contributed by atoms with van der Waals surface area (Å²) in [7, 11) is 1.59. The number of pyridine rings is 1. The monoisotopic (exact) mass is 458 g/mol. The summed E-state index contributed by atoms with van der Waals surface area (Å²) in [4.78, 5) is 45.5. The second-order valence-corrected chi connectivity index (χ2v) is 9.88. The lowest BCUT2D eigenvalue weighted by atomic mass is 9.87. The van der Waals surface area contributed by atoms with Crippen LogP contribution in [0.5, 0.6) is 0 Å². The van der Waals surface area contributed by atoms with Crippen LogP contribution in [0.2, 0.25) is 0 Å². The molecule has 2 N–H and O–H groups in total. The van der Waals surface area contributed by atoms with E-state index in [2.05, 4.69) is 25.1 Å². The fourth-order valence-corrected chi connectivity index (χ4v) is 5.77. The van der Waals surface area contributed by atoms with Gasteiger partial charge in [-0.2, -0.15) is 0 Å². The number of hydrogen-bond acceptors (Lipinski definition) is 4. The van der Waals surface area contributed by atoms with Crippen LogP contribution >= 0.6 is 0 Å². The van der Waals surface area contributed by atoms with Crippen molar-refractivity contribution in [2.45, 2.75) is 58.0 Å². The molecule has 0 fully saturated rings. The molecule has 2 heterocycles. The first-order valence-corrected chi connectivity index (χ1v) is 11.9. The second-order valence-electron chi connectivity index (χ2n) is 9.88. The predicted molar refractivity (Wildman–Crippen MR) is 130 cm³/mol. The molecule has 176 valence electrons. The maximum atomic E-state index is 12.8. The SMILES string of the molecule is CC(=O)C1(N(C)C(N)=O)Cc2cc3ccc(CN4C(=O)CCC5=C4C(C)CC=C5)nc3cc2C1. The number of hydrogen-bond donors (Lipinski definition) is 1. The number of carbonyl (C=O) groups is 3. The van der Waals surface area contributed by atoms with Crippen molar-refractivity contribution in [1.82, 2.24) is 14.8 Å². The van der Waals surface area contributed by atoms with Crippen molar-refractivity contribution in [2.24, 2.45) is 11.7 Å². The minimum Gasteiger partial charge on any atom is -0.351 e. The van der Waals surface area contributed by atoms with Gasteiger partial charge in [0.25, 0.3) is 0 Å². The molecule has 2 aromatic rings. The molecule has 1 aliphatic heterocycles. The van der Waals surface area contributed by atoms with Crippen LogP contribution in [0.15, 0.2) is 47.7 Å². The number of urea groups is 1. The van der Waals surface area contributed by atoms with E-state index in [4.69, 9.17) is 10.7 Å². The molecule has 0 radical (unpaired) electrons. The second kappa shape index (κ2) is 8.08. The Kier molecular flexibility index (Phi) is 5.30. The van der Waals surface area contributed by atoms with Crippen LogP contribution in [0.3, 0.4) is 0 Å². The van der Waals surface area contributed by atoms with Crippen LogP contribution < -0.4 is 5.73 Å². The van der Waals surface area contributed by atoms with Crippen molar-refractivity contribution in [1.29, 1.82) is 0 Å². The number of nitrogens with zero attached hydrogens (tertiary/aromatic N) is 3. The highest BCUT2D eigenvalue weighted by molar-refractivity contribution is 5.93. The molecule has 0 spiro atoms. The Morgan fingerprint density at radius 1 is 1.21 bits per heavy atom. The smallest absolute Gasteiger partial charge is 0.315 e. The van der Waals surface area contributed by atoms with E-state index in [1.54, 1.807) is 7.05 Å². The van der Waals surface area contributed by atoms with Crippen LogP contribution in [-0.2, 0) is 29.0 Å². The molecule has 0 bridgehead atoms. The van der Waals surface area contributed by atoms with E-state index >= 15 is 0 Å². The van der Waals surface area contributed by atoms with Crippen molar-refractivity contribution in [3.05, 3.63) is 64.5 Å². The number of fused-ring (bicyclic) bond motifs is 2. The van der Waals surface area contributed by atoms with Gasteiger partial charge in [0.05, 0.1) is 17.8 Å². The van der Waals surface area contributed by atoms with Gasteiger partial charge in [-0.25, -0.2) is 4.79 Å². The van der Waals surface area contributed by atoms with E-state index in [-0.39, 0.29) is 11.7 Å². The summed E-state index contributed by atoms with van der Waals surface area (Å²) in [5.41, 5.74) is 10.7. The number of benzene rings is 1. The van der Waals surface area contributed by atoms with Gasteiger partial charge in [0.1, 0.15) is 5.54 Å². The van der Waals surface area contributed by atoms with Crippen LogP contribution in [0.1, 0.15) is 49.9 Å². The fourth-order valence-electron chi connectivity index (χ4n) is 5.77. The molecule has 5 rings (SSSR count). The molecule has 3 aliphatic rings. The van der Waals surface area contributed by atoms with Crippen LogP contribution in [-0.4, -0.2) is 45.1 Å². The van der Waals surface area contributed by atoms with E-state index in [0.29, 0.717) is 31.7 Å². The third kappa shape index (κ3) is 3.50. The number of rotatable bonds is 4. The molecule has 1 aromatic carbocycles. The van der Waals surface area contributed by atoms with Gasteiger partial charge >= 0.3 is 6.03 Å². The summed E-state index contributed by atoms with van der Waals surface area (Å²) in [5.74, 6) is 0.387. The lowest BCUT2D eigenvalue weighted by molar-refractivity contribution is -0.131. The van der Waals surface area contributed by atoms with Gasteiger partial charge in [-0.15, -0.1) is 0 Å². The van der Waals surface area contributed by atoms with Gasteiger partial charge in [-0.3, -0.25) is 14.6 Å². The Balaban J connectivity index is 1.48. The summed E-state index contributed by atoms with van der Waals surface area (Å²) in [6.07, 6.45) is 7.50. The lowest BCUT2D eigenvalue weighted by Gasteiger charge is -2.36. The maximum absolute atomic E-state index is 12.8. The first-order chi connectivity index (χ1) is 16.2. The highest BCUT2D eigenvalue weighted by Crippen LogP contribution is 2.38. The number of likely N-dealkylation sites (N-methyl/N-ethyl adjacent to an activating group) is 1. The van der Waals surface area contributed by atoms with Gasteiger partial charge in [0.2, 0.25) is 5.91 Å². The van der Waals surface area contributed by atoms with Crippen LogP contribution in [0, 0.1) is 5.92 Å². The zero-order valence-corrected chi connectivity index (χ0v) is 19.9. The Morgan fingerprint density at radius 3 is 2.65 bits per heavy atom. The third-order valence-corrected chi connectivity index (χ3v) is 7.79. The van der Waals surface area contributed by atoms with Gasteiger partial charge < -0.3 is 15.5 Å². The molecule has 2 aliphatic carbocycles. The number of allylic oxidation sites excluding steroid dienone is 4. The highest BCUT2D eigenvalue weighted by Gasteiger charge is 2.46. The summed E-state index contributed by atoms with van der Waals surface area (Å²) in [5, 5.41) is 0.974. The molecule has 7 heteroatoms. The van der Waals surface area contributed by atoms with Crippen LogP contribution in [0.25, 0.3) is 10.9 Å². The standard InChI is InChI=1S/C27H30N4O3/c1-16-5-4-6-18-8-10-24(33)31(25(16)18)15-22-9-7-19-11-20-13-27(17(2)32,30(3)26(28)34)14-21(20)12-23(19)29-22/h4,6-7,9,11-12,16H,5,8,10,13-15H2,1-3H3,(H2,28,34). The summed E-state index contributed by atoms with van der Waals surface area (Å²) < 4.78 is 0. The average Bonchev–Trinajstić information content (AvgIpc) is 3.18. The van der Waals surface area contributed by atoms with Crippen molar-refractivity contribution < 1.29 is 14.4 Å². The Morgan fingerprint density at radius 2 is 1.94 bits per heavy atom. The highest BCUT2D eigenvalue weighted by atomic mass is 16.2. The van der Waals surface area contributed by atoms with Gasteiger partial charge in [0.15, 0.2) is 5.78 Å². The van der Waals surface area contributed by atoms with Gasteiger partial charge in [-0.05, 0) is 54.7 Å². The number of carbonyl (C=O) groups excluding carboxylic acids is 3. The van der Waals surface area contributed by atoms with E-state index in [1.165, 1.54) is 17.4 Å². The van der Waals surface area contributed by atoms with Gasteiger partial charge in [0, 0.05) is 43.3 Å². The molecular formula is C27H30N4O3. The first kappa shape index (κ1) is 22.3. The predicted octanol–water partition coefficient (Wildman–Crippen LogP) is 3.64. The minimum absolute atomic E-state index is 0.0777. The molecule has 1 aromatic heterocycles. The first-order valence-electron chi connectivity index (χ1n) is 11.9. The van der Waals surface area contributed by atoms with Crippen molar-refractivity contribution in [2.75, 3.05) is 7.05 Å². The van der Waals surface area contributed by atoms with E-state index in [0.717, 1.165) is 46.3 Å². The fraction of sp³-hybridized carbons (Fsp3) is 0.407. The van der Waals surface area contributed by atoms with Crippen molar-refractivity contribution in [3.63, 3.8) is 0 Å². The Bertz CT molecular complexity index is 1290. The number of Topliss-reactive ketones (excluding diaryl/α,β-unsaturated/α-hetero) is 1. The number of ketones is 1. The van der Waals surface area contributed by atoms with Crippen molar-refractivity contribution in [3.8, 4) is 0 Å². The molecular weight excluding hydrogens is 428 g/mol. The van der Waals surface area contributed by atoms with Crippen LogP contribution in [0.4, 0.5) is 4.79 Å². The summed E-state index contributed by atoms with van der Waals surface area (Å²) >= 11 is 0. The molecule has 0 saturated carbocycles. The zero-order chi connectivity index (χ0) is 24.2. The van der Waals surface area contributed by atoms with E-state index < -0.39 is 11.6 Å². The normalized spacial score (nSPS) is 23.8. The van der Waals surface area contributed by atoms with Gasteiger partial charge in [-0.1, -0.05) is 25.1 Å². The molecule has 7 nitrogen and oxygen atoms in total. The summed E-state index contributed by atoms with van der Waals surface area (Å²) in [6.45, 7) is 4.14. The number of primary amides is 1. The number of nitrogens with two attached hydrogens (primary N) is 1. The topological polar surface area (TPSA) is 96.6 Å². The maximum Gasteiger partial charge on any atom is 0.315 e. The average molecular weight is 459 g/mol. The molecule has 3 amide bonds. The quantitative estimate of drug-likeness (QED) is 0.756.